The van der Waals surface area contributed by atoms with E-state index in [9.17, 15) is 4.79 Å². The van der Waals surface area contributed by atoms with Crippen molar-refractivity contribution < 1.29 is 4.79 Å². The van der Waals surface area contributed by atoms with Gasteiger partial charge in [-0.1, -0.05) is 62.2 Å². The maximum atomic E-state index is 11.7. The number of carbonyl (C=O) groups excluding carboxylic acids is 1. The summed E-state index contributed by atoms with van der Waals surface area (Å²) in [5.74, 6) is -0.208. The first kappa shape index (κ1) is 16.7. The fourth-order valence-electron chi connectivity index (χ4n) is 1.69. The standard InChI is InChI=1S/C16H15Br2N3O/c1-11-14(17)7-13(8-15(11)18)19-10-16(22)21-20-9-12-5-3-2-4-6-12/h2-9,19H,10H2,1H3,(H,21,22)/b20-9-. The third kappa shape index (κ3) is 4.96. The van der Waals surface area contributed by atoms with Gasteiger partial charge in [0.1, 0.15) is 0 Å². The number of hydrogen-bond donors (Lipinski definition) is 2. The van der Waals surface area contributed by atoms with Crippen molar-refractivity contribution in [3.8, 4) is 0 Å². The molecular weight excluding hydrogens is 410 g/mol. The van der Waals surface area contributed by atoms with E-state index in [1.165, 1.54) is 0 Å². The first-order valence-electron chi connectivity index (χ1n) is 6.63. The molecule has 2 aromatic rings. The molecule has 2 rings (SSSR count). The van der Waals surface area contributed by atoms with Gasteiger partial charge in [-0.2, -0.15) is 5.10 Å². The molecular formula is C16H15Br2N3O. The lowest BCUT2D eigenvalue weighted by molar-refractivity contribution is -0.119. The number of amides is 1. The molecule has 0 radical (unpaired) electrons. The van der Waals surface area contributed by atoms with E-state index in [-0.39, 0.29) is 12.5 Å². The van der Waals surface area contributed by atoms with Crippen LogP contribution in [-0.2, 0) is 4.79 Å². The van der Waals surface area contributed by atoms with E-state index in [4.69, 9.17) is 0 Å². The van der Waals surface area contributed by atoms with Gasteiger partial charge in [0.15, 0.2) is 0 Å². The highest BCUT2D eigenvalue weighted by Gasteiger charge is 2.04. The highest BCUT2D eigenvalue weighted by molar-refractivity contribution is 9.11. The summed E-state index contributed by atoms with van der Waals surface area (Å²) in [6.07, 6.45) is 1.61. The SMILES string of the molecule is Cc1c(Br)cc(NCC(=O)N/N=C\c2ccccc2)cc1Br. The second-order valence-electron chi connectivity index (χ2n) is 4.62. The maximum Gasteiger partial charge on any atom is 0.259 e. The molecule has 0 saturated heterocycles. The molecule has 0 spiro atoms. The smallest absolute Gasteiger partial charge is 0.259 e. The highest BCUT2D eigenvalue weighted by Crippen LogP contribution is 2.28. The minimum Gasteiger partial charge on any atom is -0.376 e. The lowest BCUT2D eigenvalue weighted by atomic mass is 10.2. The van der Waals surface area contributed by atoms with E-state index < -0.39 is 0 Å². The normalized spacial score (nSPS) is 10.7. The van der Waals surface area contributed by atoms with Gasteiger partial charge >= 0.3 is 0 Å². The van der Waals surface area contributed by atoms with Crippen molar-refractivity contribution >= 4 is 49.7 Å². The second kappa shape index (κ2) is 8.10. The van der Waals surface area contributed by atoms with Gasteiger partial charge in [-0.05, 0) is 30.2 Å². The third-order valence-corrected chi connectivity index (χ3v) is 4.58. The van der Waals surface area contributed by atoms with Gasteiger partial charge in [-0.25, -0.2) is 5.43 Å². The molecule has 22 heavy (non-hydrogen) atoms. The highest BCUT2D eigenvalue weighted by atomic mass is 79.9. The molecule has 0 aromatic heterocycles. The number of anilines is 1. The maximum absolute atomic E-state index is 11.7. The first-order chi connectivity index (χ1) is 10.6. The molecule has 4 nitrogen and oxygen atoms in total. The largest absolute Gasteiger partial charge is 0.376 e. The molecule has 6 heteroatoms. The average molecular weight is 425 g/mol. The van der Waals surface area contributed by atoms with Crippen LogP contribution in [0, 0.1) is 6.92 Å². The second-order valence-corrected chi connectivity index (χ2v) is 6.33. The number of nitrogens with zero attached hydrogens (tertiary/aromatic N) is 1. The summed E-state index contributed by atoms with van der Waals surface area (Å²) in [5, 5.41) is 6.98. The molecule has 0 atom stereocenters. The van der Waals surface area contributed by atoms with Crippen molar-refractivity contribution in [1.82, 2.24) is 5.43 Å². The van der Waals surface area contributed by atoms with Gasteiger partial charge in [-0.15, -0.1) is 0 Å². The van der Waals surface area contributed by atoms with Crippen molar-refractivity contribution in [2.75, 3.05) is 11.9 Å². The monoisotopic (exact) mass is 423 g/mol. The van der Waals surface area contributed by atoms with Gasteiger partial charge in [0.25, 0.3) is 5.91 Å². The van der Waals surface area contributed by atoms with Crippen LogP contribution >= 0.6 is 31.9 Å². The Morgan fingerprint density at radius 3 is 2.45 bits per heavy atom. The number of nitrogens with one attached hydrogen (secondary N) is 2. The number of benzene rings is 2. The van der Waals surface area contributed by atoms with Gasteiger partial charge in [0, 0.05) is 14.6 Å². The Hall–Kier alpha value is -1.66. The number of rotatable bonds is 5. The first-order valence-corrected chi connectivity index (χ1v) is 8.21. The zero-order valence-electron chi connectivity index (χ0n) is 11.9. The fraction of sp³-hybridized carbons (Fsp3) is 0.125. The Morgan fingerprint density at radius 1 is 1.18 bits per heavy atom. The van der Waals surface area contributed by atoms with E-state index in [1.807, 2.05) is 49.4 Å². The third-order valence-electron chi connectivity index (χ3n) is 2.94. The molecule has 2 aromatic carbocycles. The van der Waals surface area contributed by atoms with Crippen LogP contribution in [0.5, 0.6) is 0 Å². The van der Waals surface area contributed by atoms with Gasteiger partial charge in [0.2, 0.25) is 0 Å². The molecule has 0 aliphatic rings. The van der Waals surface area contributed by atoms with Crippen molar-refractivity contribution in [3.63, 3.8) is 0 Å². The molecule has 0 unspecified atom stereocenters. The number of hydrazone groups is 1. The van der Waals surface area contributed by atoms with Crippen LogP contribution in [0.2, 0.25) is 0 Å². The van der Waals surface area contributed by atoms with E-state index in [1.54, 1.807) is 6.21 Å². The Balaban J connectivity index is 1.84. The summed E-state index contributed by atoms with van der Waals surface area (Å²) in [7, 11) is 0. The summed E-state index contributed by atoms with van der Waals surface area (Å²) >= 11 is 6.96. The Bertz CT molecular complexity index is 664. The Labute approximate surface area is 146 Å². The fourth-order valence-corrected chi connectivity index (χ4v) is 2.87. The van der Waals surface area contributed by atoms with Crippen LogP contribution < -0.4 is 10.7 Å². The average Bonchev–Trinajstić information content (AvgIpc) is 2.51. The van der Waals surface area contributed by atoms with Gasteiger partial charge in [0.05, 0.1) is 12.8 Å². The number of carbonyl (C=O) groups is 1. The van der Waals surface area contributed by atoms with Crippen molar-refractivity contribution in [3.05, 3.63) is 62.5 Å². The molecule has 0 bridgehead atoms. The summed E-state index contributed by atoms with van der Waals surface area (Å²) in [6, 6.07) is 13.4. The molecule has 114 valence electrons. The van der Waals surface area contributed by atoms with Crippen LogP contribution in [0.1, 0.15) is 11.1 Å². The van der Waals surface area contributed by atoms with Crippen LogP contribution in [0.3, 0.4) is 0 Å². The zero-order chi connectivity index (χ0) is 15.9. The lowest BCUT2D eigenvalue weighted by Gasteiger charge is -2.09. The van der Waals surface area contributed by atoms with Crippen molar-refractivity contribution in [2.24, 2.45) is 5.10 Å². The minimum atomic E-state index is -0.208. The Kier molecular flexibility index (Phi) is 6.15. The molecule has 2 N–H and O–H groups in total. The minimum absolute atomic E-state index is 0.147. The number of hydrogen-bond acceptors (Lipinski definition) is 3. The van der Waals surface area contributed by atoms with E-state index in [0.29, 0.717) is 0 Å². The summed E-state index contributed by atoms with van der Waals surface area (Å²) in [4.78, 5) is 11.7. The van der Waals surface area contributed by atoms with Crippen molar-refractivity contribution in [2.45, 2.75) is 6.92 Å². The number of halogens is 2. The topological polar surface area (TPSA) is 53.5 Å². The van der Waals surface area contributed by atoms with Crippen LogP contribution in [0.4, 0.5) is 5.69 Å². The van der Waals surface area contributed by atoms with Gasteiger partial charge in [-0.3, -0.25) is 4.79 Å². The molecule has 0 heterocycles. The molecule has 0 saturated carbocycles. The van der Waals surface area contributed by atoms with Crippen LogP contribution in [0.25, 0.3) is 0 Å². The van der Waals surface area contributed by atoms with E-state index in [0.717, 1.165) is 25.8 Å². The predicted octanol–water partition coefficient (Wildman–Crippen LogP) is 4.08. The van der Waals surface area contributed by atoms with Gasteiger partial charge < -0.3 is 5.32 Å². The molecule has 0 aliphatic heterocycles. The quantitative estimate of drug-likeness (QED) is 0.561. The predicted molar refractivity (Wildman–Crippen MR) is 97.2 cm³/mol. The van der Waals surface area contributed by atoms with Crippen LogP contribution in [-0.4, -0.2) is 18.7 Å². The van der Waals surface area contributed by atoms with E-state index in [2.05, 4.69) is 47.7 Å². The van der Waals surface area contributed by atoms with Crippen LogP contribution in [0.15, 0.2) is 56.5 Å². The Morgan fingerprint density at radius 2 is 1.82 bits per heavy atom. The summed E-state index contributed by atoms with van der Waals surface area (Å²) in [6.45, 7) is 2.15. The summed E-state index contributed by atoms with van der Waals surface area (Å²) in [5.41, 5.74) is 5.39. The molecule has 1 amide bonds. The summed E-state index contributed by atoms with van der Waals surface area (Å²) < 4.78 is 1.96. The van der Waals surface area contributed by atoms with Crippen molar-refractivity contribution in [1.29, 1.82) is 0 Å². The zero-order valence-corrected chi connectivity index (χ0v) is 15.1. The molecule has 0 aliphatic carbocycles. The van der Waals surface area contributed by atoms with E-state index >= 15 is 0 Å². The lowest BCUT2D eigenvalue weighted by Crippen LogP contribution is -2.25. The molecule has 0 fully saturated rings.